The molecule has 8 heteroatoms. The van der Waals surface area contributed by atoms with Gasteiger partial charge >= 0.3 is 0 Å². The van der Waals surface area contributed by atoms with Gasteiger partial charge in [-0.3, -0.25) is 4.79 Å². The number of nitrogens with one attached hydrogen (secondary N) is 1. The summed E-state index contributed by atoms with van der Waals surface area (Å²) in [5.41, 5.74) is -0.358. The third kappa shape index (κ3) is 3.62. The number of hydrogen-bond acceptors (Lipinski definition) is 5. The van der Waals surface area contributed by atoms with Gasteiger partial charge in [-0.1, -0.05) is 12.5 Å². The summed E-state index contributed by atoms with van der Waals surface area (Å²) in [6.07, 6.45) is 3.23. The summed E-state index contributed by atoms with van der Waals surface area (Å²) < 4.78 is 33.0. The maximum absolute atomic E-state index is 13.8. The molecule has 4 rings (SSSR count). The standard InChI is InChI=1S/C22H17F2N3O3/c23-16-5-2-6-17(24)21(16)30-13-7-8-14-15(9-13)18(10-25)27-19(20(14)28)22(29)26-11-12-3-1-4-12/h2,5-9,12,28H,1,3-4,11H2,(H,26,29). The van der Waals surface area contributed by atoms with Crippen molar-refractivity contribution >= 4 is 16.7 Å². The lowest BCUT2D eigenvalue weighted by Gasteiger charge is -2.25. The Hall–Kier alpha value is -3.73. The van der Waals surface area contributed by atoms with E-state index >= 15 is 0 Å². The SMILES string of the molecule is N#Cc1nc(C(=O)NCC2CCC2)c(O)c2ccc(Oc3c(F)cccc3F)cc12. The van der Waals surface area contributed by atoms with E-state index < -0.39 is 23.3 Å². The van der Waals surface area contributed by atoms with E-state index in [-0.39, 0.29) is 33.7 Å². The molecule has 3 aromatic rings. The number of rotatable bonds is 5. The first-order chi connectivity index (χ1) is 14.5. The normalized spacial score (nSPS) is 13.5. The van der Waals surface area contributed by atoms with Crippen molar-refractivity contribution in [3.8, 4) is 23.3 Å². The average Bonchev–Trinajstić information content (AvgIpc) is 2.70. The fourth-order valence-electron chi connectivity index (χ4n) is 3.30. The molecule has 2 N–H and O–H groups in total. The number of para-hydroxylation sites is 1. The van der Waals surface area contributed by atoms with Crippen LogP contribution in [0.1, 0.15) is 35.4 Å². The van der Waals surface area contributed by atoms with E-state index in [2.05, 4.69) is 10.3 Å². The van der Waals surface area contributed by atoms with Crippen molar-refractivity contribution in [2.45, 2.75) is 19.3 Å². The molecule has 0 aliphatic heterocycles. The van der Waals surface area contributed by atoms with Crippen LogP contribution in [-0.4, -0.2) is 22.5 Å². The van der Waals surface area contributed by atoms with E-state index in [1.807, 2.05) is 6.07 Å². The van der Waals surface area contributed by atoms with Crippen molar-refractivity contribution in [2.75, 3.05) is 6.54 Å². The Morgan fingerprint density at radius 2 is 1.97 bits per heavy atom. The van der Waals surface area contributed by atoms with Gasteiger partial charge in [-0.2, -0.15) is 5.26 Å². The van der Waals surface area contributed by atoms with Crippen molar-refractivity contribution in [3.05, 3.63) is 59.4 Å². The van der Waals surface area contributed by atoms with Crippen LogP contribution in [0.15, 0.2) is 36.4 Å². The fraction of sp³-hybridized carbons (Fsp3) is 0.227. The highest BCUT2D eigenvalue weighted by atomic mass is 19.1. The second-order valence-electron chi connectivity index (χ2n) is 7.14. The van der Waals surface area contributed by atoms with Crippen molar-refractivity contribution in [1.29, 1.82) is 5.26 Å². The van der Waals surface area contributed by atoms with Gasteiger partial charge in [0, 0.05) is 17.3 Å². The number of nitrogens with zero attached hydrogens (tertiary/aromatic N) is 2. The summed E-state index contributed by atoms with van der Waals surface area (Å²) in [5, 5.41) is 23.2. The molecule has 2 aromatic carbocycles. The summed E-state index contributed by atoms with van der Waals surface area (Å²) >= 11 is 0. The number of aromatic nitrogens is 1. The van der Waals surface area contributed by atoms with Crippen LogP contribution in [0.5, 0.6) is 17.2 Å². The Bertz CT molecular complexity index is 1170. The largest absolute Gasteiger partial charge is 0.505 e. The van der Waals surface area contributed by atoms with Crippen molar-refractivity contribution in [3.63, 3.8) is 0 Å². The van der Waals surface area contributed by atoms with E-state index in [0.717, 1.165) is 31.4 Å². The molecule has 6 nitrogen and oxygen atoms in total. The maximum Gasteiger partial charge on any atom is 0.273 e. The lowest BCUT2D eigenvalue weighted by molar-refractivity contribution is 0.0931. The molecular formula is C22H17F2N3O3. The van der Waals surface area contributed by atoms with Crippen molar-refractivity contribution < 1.29 is 23.4 Å². The molecule has 1 amide bonds. The van der Waals surface area contributed by atoms with Gasteiger partial charge in [0.1, 0.15) is 17.5 Å². The fourth-order valence-corrected chi connectivity index (χ4v) is 3.30. The molecule has 1 aliphatic carbocycles. The molecule has 1 fully saturated rings. The smallest absolute Gasteiger partial charge is 0.273 e. The highest BCUT2D eigenvalue weighted by Gasteiger charge is 2.23. The number of ether oxygens (including phenoxy) is 1. The van der Waals surface area contributed by atoms with Crippen LogP contribution >= 0.6 is 0 Å². The van der Waals surface area contributed by atoms with Gasteiger partial charge in [0.2, 0.25) is 0 Å². The third-order valence-corrected chi connectivity index (χ3v) is 5.19. The minimum absolute atomic E-state index is 0.0476. The second-order valence-corrected chi connectivity index (χ2v) is 7.14. The molecule has 0 spiro atoms. The van der Waals surface area contributed by atoms with Crippen LogP contribution in [0.3, 0.4) is 0 Å². The number of carbonyl (C=O) groups excluding carboxylic acids is 1. The minimum Gasteiger partial charge on any atom is -0.505 e. The molecule has 1 heterocycles. The first-order valence-corrected chi connectivity index (χ1v) is 9.45. The Kier molecular flexibility index (Phi) is 5.19. The van der Waals surface area contributed by atoms with E-state index in [9.17, 15) is 23.9 Å². The molecule has 0 radical (unpaired) electrons. The van der Waals surface area contributed by atoms with Crippen LogP contribution in [0.4, 0.5) is 8.78 Å². The van der Waals surface area contributed by atoms with Crippen LogP contribution in [0, 0.1) is 28.9 Å². The predicted molar refractivity (Wildman–Crippen MR) is 104 cm³/mol. The minimum atomic E-state index is -0.880. The first kappa shape index (κ1) is 19.6. The molecule has 30 heavy (non-hydrogen) atoms. The molecule has 0 atom stereocenters. The van der Waals surface area contributed by atoms with Crippen LogP contribution in [-0.2, 0) is 0 Å². The zero-order valence-electron chi connectivity index (χ0n) is 15.8. The second kappa shape index (κ2) is 7.95. The Balaban J connectivity index is 1.68. The Morgan fingerprint density at radius 3 is 2.60 bits per heavy atom. The number of halogens is 2. The maximum atomic E-state index is 13.8. The zero-order chi connectivity index (χ0) is 21.3. The predicted octanol–water partition coefficient (Wildman–Crippen LogP) is 4.41. The Labute approximate surface area is 170 Å². The van der Waals surface area contributed by atoms with E-state index in [0.29, 0.717) is 12.5 Å². The zero-order valence-corrected chi connectivity index (χ0v) is 15.8. The number of fused-ring (bicyclic) bond motifs is 1. The molecular weight excluding hydrogens is 392 g/mol. The average molecular weight is 409 g/mol. The van der Waals surface area contributed by atoms with Gasteiger partial charge < -0.3 is 15.2 Å². The van der Waals surface area contributed by atoms with E-state index in [1.165, 1.54) is 24.3 Å². The monoisotopic (exact) mass is 409 g/mol. The van der Waals surface area contributed by atoms with E-state index in [1.54, 1.807) is 0 Å². The lowest BCUT2D eigenvalue weighted by atomic mass is 9.85. The highest BCUT2D eigenvalue weighted by molar-refractivity contribution is 6.03. The number of aromatic hydroxyl groups is 1. The molecule has 1 aliphatic rings. The lowest BCUT2D eigenvalue weighted by Crippen LogP contribution is -2.32. The summed E-state index contributed by atoms with van der Waals surface area (Å²) in [7, 11) is 0. The number of nitriles is 1. The van der Waals surface area contributed by atoms with Gasteiger partial charge in [0.25, 0.3) is 5.91 Å². The summed E-state index contributed by atoms with van der Waals surface area (Å²) in [5.74, 6) is -2.81. The summed E-state index contributed by atoms with van der Waals surface area (Å²) in [6.45, 7) is 0.487. The number of carbonyl (C=O) groups is 1. The number of hydrogen-bond donors (Lipinski definition) is 2. The molecule has 1 aromatic heterocycles. The number of benzene rings is 2. The van der Waals surface area contributed by atoms with Crippen molar-refractivity contribution in [1.82, 2.24) is 10.3 Å². The van der Waals surface area contributed by atoms with Gasteiger partial charge in [-0.15, -0.1) is 0 Å². The topological polar surface area (TPSA) is 95.2 Å². The molecule has 152 valence electrons. The first-order valence-electron chi connectivity index (χ1n) is 9.45. The van der Waals surface area contributed by atoms with Crippen LogP contribution < -0.4 is 10.1 Å². The summed E-state index contributed by atoms with van der Waals surface area (Å²) in [4.78, 5) is 16.5. The van der Waals surface area contributed by atoms with Gasteiger partial charge in [-0.05, 0) is 49.1 Å². The molecule has 0 saturated heterocycles. The third-order valence-electron chi connectivity index (χ3n) is 5.19. The number of pyridine rings is 1. The van der Waals surface area contributed by atoms with E-state index in [4.69, 9.17) is 4.74 Å². The van der Waals surface area contributed by atoms with Crippen molar-refractivity contribution in [2.24, 2.45) is 5.92 Å². The van der Waals surface area contributed by atoms with Gasteiger partial charge in [-0.25, -0.2) is 13.8 Å². The van der Waals surface area contributed by atoms with Crippen LogP contribution in [0.25, 0.3) is 10.8 Å². The molecule has 1 saturated carbocycles. The quantitative estimate of drug-likeness (QED) is 0.651. The molecule has 0 unspecified atom stereocenters. The van der Waals surface area contributed by atoms with Gasteiger partial charge in [0.15, 0.2) is 28.8 Å². The highest BCUT2D eigenvalue weighted by Crippen LogP contribution is 2.35. The Morgan fingerprint density at radius 1 is 1.23 bits per heavy atom. The number of amides is 1. The summed E-state index contributed by atoms with van der Waals surface area (Å²) in [6, 6.07) is 9.34. The van der Waals surface area contributed by atoms with Crippen LogP contribution in [0.2, 0.25) is 0 Å². The van der Waals surface area contributed by atoms with Gasteiger partial charge in [0.05, 0.1) is 0 Å². The molecule has 0 bridgehead atoms.